The fourth-order valence-corrected chi connectivity index (χ4v) is 2.56. The molecule has 1 amide bonds. The Bertz CT molecular complexity index is 935. The summed E-state index contributed by atoms with van der Waals surface area (Å²) in [5, 5.41) is 6.79. The average Bonchev–Trinajstić information content (AvgIpc) is 3.34. The molecule has 0 spiro atoms. The maximum Gasteiger partial charge on any atom is 0.375 e. The molecule has 3 rings (SSSR count). The third-order valence-corrected chi connectivity index (χ3v) is 4.12. The van der Waals surface area contributed by atoms with Crippen molar-refractivity contribution in [1.82, 2.24) is 15.1 Å². The minimum absolute atomic E-state index is 0.00777. The SMILES string of the molecule is CC(OC(=O)c1ccc(Cn2cccn2)o1)C(=O)NC(C)c1ccc(F)cc1. The molecule has 28 heavy (non-hydrogen) atoms. The maximum absolute atomic E-state index is 13.0. The second kappa shape index (κ2) is 8.51. The van der Waals surface area contributed by atoms with E-state index in [1.807, 2.05) is 0 Å². The van der Waals surface area contributed by atoms with Gasteiger partial charge in [0.25, 0.3) is 5.91 Å². The lowest BCUT2D eigenvalue weighted by molar-refractivity contribution is -0.129. The van der Waals surface area contributed by atoms with Crippen LogP contribution >= 0.6 is 0 Å². The lowest BCUT2D eigenvalue weighted by atomic mass is 10.1. The van der Waals surface area contributed by atoms with E-state index < -0.39 is 18.0 Å². The highest BCUT2D eigenvalue weighted by molar-refractivity contribution is 5.90. The van der Waals surface area contributed by atoms with Crippen LogP contribution in [0.15, 0.2) is 59.3 Å². The Morgan fingerprint density at radius 2 is 1.96 bits per heavy atom. The van der Waals surface area contributed by atoms with Crippen molar-refractivity contribution in [1.29, 1.82) is 0 Å². The highest BCUT2D eigenvalue weighted by Gasteiger charge is 2.22. The number of hydrogen-bond acceptors (Lipinski definition) is 5. The molecule has 8 heteroatoms. The normalized spacial score (nSPS) is 13.0. The van der Waals surface area contributed by atoms with E-state index in [4.69, 9.17) is 9.15 Å². The van der Waals surface area contributed by atoms with Gasteiger partial charge in [0.2, 0.25) is 5.76 Å². The third kappa shape index (κ3) is 4.85. The Morgan fingerprint density at radius 3 is 2.64 bits per heavy atom. The van der Waals surface area contributed by atoms with Crippen LogP contribution in [0.2, 0.25) is 0 Å². The van der Waals surface area contributed by atoms with Crippen LogP contribution in [0.5, 0.6) is 0 Å². The van der Waals surface area contributed by atoms with Crippen molar-refractivity contribution in [3.8, 4) is 0 Å². The molecule has 2 aromatic heterocycles. The zero-order chi connectivity index (χ0) is 20.1. The van der Waals surface area contributed by atoms with Crippen LogP contribution in [-0.4, -0.2) is 27.8 Å². The summed E-state index contributed by atoms with van der Waals surface area (Å²) in [5.41, 5.74) is 0.738. The van der Waals surface area contributed by atoms with Crippen LogP contribution < -0.4 is 5.32 Å². The van der Waals surface area contributed by atoms with Crippen molar-refractivity contribution >= 4 is 11.9 Å². The van der Waals surface area contributed by atoms with E-state index in [0.717, 1.165) is 5.56 Å². The minimum Gasteiger partial charge on any atom is -0.452 e. The average molecular weight is 385 g/mol. The summed E-state index contributed by atoms with van der Waals surface area (Å²) in [4.78, 5) is 24.5. The first kappa shape index (κ1) is 19.3. The number of nitrogens with one attached hydrogen (secondary N) is 1. The highest BCUT2D eigenvalue weighted by atomic mass is 19.1. The van der Waals surface area contributed by atoms with Crippen molar-refractivity contribution in [2.75, 3.05) is 0 Å². The summed E-state index contributed by atoms with van der Waals surface area (Å²) < 4.78 is 25.3. The predicted octanol–water partition coefficient (Wildman–Crippen LogP) is 3.09. The van der Waals surface area contributed by atoms with E-state index >= 15 is 0 Å². The summed E-state index contributed by atoms with van der Waals surface area (Å²) in [7, 11) is 0. The van der Waals surface area contributed by atoms with E-state index in [1.54, 1.807) is 48.3 Å². The molecule has 0 saturated carbocycles. The van der Waals surface area contributed by atoms with Crippen LogP contribution in [0.3, 0.4) is 0 Å². The quantitative estimate of drug-likeness (QED) is 0.632. The van der Waals surface area contributed by atoms with Gasteiger partial charge in [-0.3, -0.25) is 9.48 Å². The van der Waals surface area contributed by atoms with E-state index in [9.17, 15) is 14.0 Å². The summed E-state index contributed by atoms with van der Waals surface area (Å²) in [5.74, 6) is -1.00. The molecule has 0 aliphatic heterocycles. The van der Waals surface area contributed by atoms with Crippen LogP contribution in [0.4, 0.5) is 4.39 Å². The summed E-state index contributed by atoms with van der Waals surface area (Å²) in [6.45, 7) is 3.61. The molecule has 0 fully saturated rings. The Hall–Kier alpha value is -3.42. The number of aromatic nitrogens is 2. The van der Waals surface area contributed by atoms with Gasteiger partial charge in [-0.1, -0.05) is 12.1 Å². The Balaban J connectivity index is 1.53. The number of hydrogen-bond donors (Lipinski definition) is 1. The molecule has 2 heterocycles. The van der Waals surface area contributed by atoms with Gasteiger partial charge in [-0.05, 0) is 49.7 Å². The molecule has 2 atom stereocenters. The van der Waals surface area contributed by atoms with Crippen LogP contribution in [0.25, 0.3) is 0 Å². The van der Waals surface area contributed by atoms with Crippen molar-refractivity contribution in [3.05, 3.63) is 77.8 Å². The number of esters is 1. The lowest BCUT2D eigenvalue weighted by Crippen LogP contribution is -2.37. The standard InChI is InChI=1S/C20H20FN3O4/c1-13(15-4-6-16(21)7-5-15)23-19(25)14(2)27-20(26)18-9-8-17(28-18)12-24-11-3-10-22-24/h3-11,13-14H,12H2,1-2H3,(H,23,25). The zero-order valence-electron chi connectivity index (χ0n) is 15.5. The zero-order valence-corrected chi connectivity index (χ0v) is 15.5. The molecule has 2 unspecified atom stereocenters. The van der Waals surface area contributed by atoms with Gasteiger partial charge in [0.1, 0.15) is 11.6 Å². The number of amides is 1. The van der Waals surface area contributed by atoms with Gasteiger partial charge < -0.3 is 14.5 Å². The fourth-order valence-electron chi connectivity index (χ4n) is 2.56. The topological polar surface area (TPSA) is 86.4 Å². The van der Waals surface area contributed by atoms with Gasteiger partial charge >= 0.3 is 5.97 Å². The molecule has 0 radical (unpaired) electrons. The third-order valence-electron chi connectivity index (χ3n) is 4.12. The molecule has 0 bridgehead atoms. The van der Waals surface area contributed by atoms with E-state index in [1.165, 1.54) is 25.1 Å². The minimum atomic E-state index is -1.02. The first-order valence-electron chi connectivity index (χ1n) is 8.75. The number of carbonyl (C=O) groups is 2. The van der Waals surface area contributed by atoms with Gasteiger partial charge in [-0.25, -0.2) is 9.18 Å². The molecule has 146 valence electrons. The van der Waals surface area contributed by atoms with Crippen LogP contribution in [-0.2, 0) is 16.1 Å². The van der Waals surface area contributed by atoms with Crippen molar-refractivity contribution in [3.63, 3.8) is 0 Å². The van der Waals surface area contributed by atoms with Crippen LogP contribution in [0.1, 0.15) is 41.8 Å². The number of carbonyl (C=O) groups excluding carboxylic acids is 2. The molecule has 3 aromatic rings. The number of rotatable bonds is 7. The van der Waals surface area contributed by atoms with E-state index in [-0.39, 0.29) is 17.6 Å². The Kier molecular flexibility index (Phi) is 5.88. The molecule has 0 saturated heterocycles. The molecule has 0 aliphatic carbocycles. The second-order valence-corrected chi connectivity index (χ2v) is 6.30. The summed E-state index contributed by atoms with van der Waals surface area (Å²) in [6.07, 6.45) is 2.40. The Morgan fingerprint density at radius 1 is 1.21 bits per heavy atom. The highest BCUT2D eigenvalue weighted by Crippen LogP contribution is 2.15. The summed E-state index contributed by atoms with van der Waals surface area (Å²) >= 11 is 0. The monoisotopic (exact) mass is 385 g/mol. The van der Waals surface area contributed by atoms with Gasteiger partial charge in [0.05, 0.1) is 12.6 Å². The molecule has 7 nitrogen and oxygen atoms in total. The number of benzene rings is 1. The number of furan rings is 1. The van der Waals surface area contributed by atoms with Crippen molar-refractivity contribution in [2.45, 2.75) is 32.5 Å². The second-order valence-electron chi connectivity index (χ2n) is 6.30. The van der Waals surface area contributed by atoms with E-state index in [2.05, 4.69) is 10.4 Å². The summed E-state index contributed by atoms with van der Waals surface area (Å²) in [6, 6.07) is 10.4. The van der Waals surface area contributed by atoms with Crippen molar-refractivity contribution in [2.24, 2.45) is 0 Å². The maximum atomic E-state index is 13.0. The smallest absolute Gasteiger partial charge is 0.375 e. The van der Waals surface area contributed by atoms with Gasteiger partial charge in [0, 0.05) is 12.4 Å². The first-order valence-corrected chi connectivity index (χ1v) is 8.75. The van der Waals surface area contributed by atoms with Gasteiger partial charge in [-0.2, -0.15) is 5.10 Å². The molecule has 1 aromatic carbocycles. The number of ether oxygens (including phenoxy) is 1. The number of nitrogens with zero attached hydrogens (tertiary/aromatic N) is 2. The fraction of sp³-hybridized carbons (Fsp3) is 0.250. The molecular formula is C20H20FN3O4. The van der Waals surface area contributed by atoms with E-state index in [0.29, 0.717) is 12.3 Å². The van der Waals surface area contributed by atoms with Crippen LogP contribution in [0, 0.1) is 5.82 Å². The lowest BCUT2D eigenvalue weighted by Gasteiger charge is -2.18. The van der Waals surface area contributed by atoms with Gasteiger partial charge in [0.15, 0.2) is 6.10 Å². The Labute approximate surface area is 161 Å². The van der Waals surface area contributed by atoms with Gasteiger partial charge in [-0.15, -0.1) is 0 Å². The molecular weight excluding hydrogens is 365 g/mol. The largest absolute Gasteiger partial charge is 0.452 e. The first-order chi connectivity index (χ1) is 13.4. The molecule has 0 aliphatic rings. The predicted molar refractivity (Wildman–Crippen MR) is 97.9 cm³/mol. The number of halogens is 1. The molecule has 1 N–H and O–H groups in total. The van der Waals surface area contributed by atoms with Crippen molar-refractivity contribution < 1.29 is 23.1 Å².